The molecule has 0 bridgehead atoms. The van der Waals surface area contributed by atoms with Crippen LogP contribution in [0.4, 0.5) is 5.13 Å². The van der Waals surface area contributed by atoms with Gasteiger partial charge in [0.25, 0.3) is 5.91 Å². The lowest BCUT2D eigenvalue weighted by atomic mass is 10.0. The number of hydrogen-bond donors (Lipinski definition) is 2. The first-order chi connectivity index (χ1) is 21.0. The molecular formula is C26H37N9O6S3. The number of likely N-dealkylation sites (N-methyl/N-ethyl adjacent to an activating group) is 1. The molecule has 44 heavy (non-hydrogen) atoms. The fraction of sp³-hybridized carbons (Fsp3) is 0.615. The highest BCUT2D eigenvalue weighted by Gasteiger charge is 2.54. The first kappa shape index (κ1) is 33.7. The van der Waals surface area contributed by atoms with Crippen molar-refractivity contribution in [2.75, 3.05) is 37.9 Å². The SMILES string of the molecule is CCC(CC)C(=O)OC(C)OC(=O)C1=C(CSc2nnnn2CCN(C)C)CS[C@@H]2[C@H](NC(=O)Cc3csc(N)n3)C(=O)N12. The molecule has 4 rings (SSSR count). The minimum Gasteiger partial charge on any atom is -0.425 e. The molecule has 2 aliphatic heterocycles. The molecule has 2 aromatic rings. The Kier molecular flexibility index (Phi) is 11.6. The van der Waals surface area contributed by atoms with E-state index in [1.54, 1.807) is 10.1 Å². The van der Waals surface area contributed by atoms with Gasteiger partial charge in [0.1, 0.15) is 17.1 Å². The number of nitrogens with one attached hydrogen (secondary N) is 1. The summed E-state index contributed by atoms with van der Waals surface area (Å²) in [6.45, 7) is 6.54. The summed E-state index contributed by atoms with van der Waals surface area (Å²) in [4.78, 5) is 59.6. The minimum absolute atomic E-state index is 0.0244. The number of carbonyl (C=O) groups is 4. The number of esters is 2. The van der Waals surface area contributed by atoms with E-state index in [9.17, 15) is 19.2 Å². The Morgan fingerprint density at radius 1 is 1.25 bits per heavy atom. The van der Waals surface area contributed by atoms with Gasteiger partial charge < -0.3 is 25.4 Å². The van der Waals surface area contributed by atoms with E-state index < -0.39 is 35.6 Å². The fourth-order valence-corrected chi connectivity index (χ4v) is 7.53. The van der Waals surface area contributed by atoms with Crippen molar-refractivity contribution in [1.29, 1.82) is 0 Å². The molecule has 0 spiro atoms. The predicted molar refractivity (Wildman–Crippen MR) is 165 cm³/mol. The van der Waals surface area contributed by atoms with E-state index in [1.807, 2.05) is 32.8 Å². The lowest BCUT2D eigenvalue weighted by molar-refractivity contribution is -0.187. The van der Waals surface area contributed by atoms with Crippen molar-refractivity contribution < 1.29 is 28.7 Å². The molecule has 15 nitrogen and oxygen atoms in total. The molecule has 1 fully saturated rings. The van der Waals surface area contributed by atoms with Crippen molar-refractivity contribution in [3.05, 3.63) is 22.3 Å². The van der Waals surface area contributed by atoms with Crippen LogP contribution in [0.1, 0.15) is 39.3 Å². The number of anilines is 1. The summed E-state index contributed by atoms with van der Waals surface area (Å²) < 4.78 is 12.6. The Bertz CT molecular complexity index is 1390. The molecule has 2 amide bonds. The smallest absolute Gasteiger partial charge is 0.358 e. The van der Waals surface area contributed by atoms with E-state index in [1.165, 1.54) is 46.7 Å². The molecule has 2 aliphatic rings. The maximum absolute atomic E-state index is 13.6. The Labute approximate surface area is 267 Å². The predicted octanol–water partition coefficient (Wildman–Crippen LogP) is 1.13. The summed E-state index contributed by atoms with van der Waals surface area (Å²) in [5.41, 5.74) is 6.88. The number of nitrogen functional groups attached to an aromatic ring is 1. The molecule has 18 heteroatoms. The second-order valence-electron chi connectivity index (χ2n) is 10.5. The van der Waals surface area contributed by atoms with E-state index in [4.69, 9.17) is 15.2 Å². The average Bonchev–Trinajstić information content (AvgIpc) is 3.61. The van der Waals surface area contributed by atoms with Crippen molar-refractivity contribution in [1.82, 2.24) is 40.3 Å². The molecule has 0 radical (unpaired) electrons. The molecule has 3 N–H and O–H groups in total. The first-order valence-electron chi connectivity index (χ1n) is 14.1. The highest BCUT2D eigenvalue weighted by atomic mass is 32.2. The van der Waals surface area contributed by atoms with Crippen molar-refractivity contribution in [3.63, 3.8) is 0 Å². The molecular weight excluding hydrogens is 631 g/mol. The van der Waals surface area contributed by atoms with Gasteiger partial charge in [-0.05, 0) is 42.9 Å². The third-order valence-corrected chi connectivity index (χ3v) is 10.1. The zero-order valence-corrected chi connectivity index (χ0v) is 27.7. The first-order valence-corrected chi connectivity index (χ1v) is 17.0. The monoisotopic (exact) mass is 667 g/mol. The minimum atomic E-state index is -1.17. The average molecular weight is 668 g/mol. The Morgan fingerprint density at radius 3 is 2.66 bits per heavy atom. The number of fused-ring (bicyclic) bond motifs is 1. The van der Waals surface area contributed by atoms with E-state index in [2.05, 4.69) is 25.8 Å². The van der Waals surface area contributed by atoms with Crippen LogP contribution < -0.4 is 11.1 Å². The highest BCUT2D eigenvalue weighted by molar-refractivity contribution is 8.01. The summed E-state index contributed by atoms with van der Waals surface area (Å²) in [7, 11) is 3.90. The number of thiazole rings is 1. The zero-order valence-electron chi connectivity index (χ0n) is 25.2. The molecule has 1 saturated heterocycles. The van der Waals surface area contributed by atoms with Gasteiger partial charge in [-0.15, -0.1) is 28.2 Å². The van der Waals surface area contributed by atoms with Crippen molar-refractivity contribution in [3.8, 4) is 0 Å². The zero-order chi connectivity index (χ0) is 32.0. The Balaban J connectivity index is 1.50. The van der Waals surface area contributed by atoms with Gasteiger partial charge in [-0.2, -0.15) is 0 Å². The van der Waals surface area contributed by atoms with E-state index >= 15 is 0 Å². The Morgan fingerprint density at radius 2 is 2.00 bits per heavy atom. The number of aromatic nitrogens is 5. The summed E-state index contributed by atoms with van der Waals surface area (Å²) in [5, 5.41) is 16.8. The number of thioether (sulfide) groups is 2. The van der Waals surface area contributed by atoms with Gasteiger partial charge >= 0.3 is 11.9 Å². The molecule has 0 aliphatic carbocycles. The molecule has 0 aromatic carbocycles. The number of tetrazole rings is 1. The van der Waals surface area contributed by atoms with Gasteiger partial charge in [-0.1, -0.05) is 25.6 Å². The van der Waals surface area contributed by atoms with Crippen molar-refractivity contribution >= 4 is 63.7 Å². The van der Waals surface area contributed by atoms with Crippen LogP contribution in [-0.2, 0) is 41.6 Å². The Hall–Kier alpha value is -3.22. The summed E-state index contributed by atoms with van der Waals surface area (Å²) in [5.74, 6) is -1.68. The molecule has 1 unspecified atom stereocenters. The van der Waals surface area contributed by atoms with Crippen LogP contribution in [0.2, 0.25) is 0 Å². The normalized spacial score (nSPS) is 18.7. The number of ether oxygens (including phenoxy) is 2. The van der Waals surface area contributed by atoms with E-state index in [0.29, 0.717) is 52.4 Å². The third kappa shape index (κ3) is 8.08. The van der Waals surface area contributed by atoms with Crippen LogP contribution in [0.25, 0.3) is 0 Å². The summed E-state index contributed by atoms with van der Waals surface area (Å²) in [6, 6.07) is -0.830. The van der Waals surface area contributed by atoms with Gasteiger partial charge in [0.2, 0.25) is 17.4 Å². The standard InChI is InChI=1S/C26H37N9O6S3/c1-6-15(7-2)23(38)40-14(3)41-24(39)20-16(12-44-26-30-31-32-34(26)9-8-33(4)5)11-42-22-19(21(37)35(20)22)29-18(36)10-17-13-43-25(27)28-17/h13-15,19,22H,6-12H2,1-5H3,(H2,27,28)(H,29,36)/t14?,19-,22-/m1/s1. The molecule has 3 atom stereocenters. The largest absolute Gasteiger partial charge is 0.425 e. The third-order valence-electron chi connectivity index (χ3n) is 6.98. The van der Waals surface area contributed by atoms with Crippen LogP contribution >= 0.6 is 34.9 Å². The number of amides is 2. The van der Waals surface area contributed by atoms with E-state index in [-0.39, 0.29) is 23.9 Å². The van der Waals surface area contributed by atoms with Gasteiger partial charge in [-0.25, -0.2) is 14.5 Å². The quantitative estimate of drug-likeness (QED) is 0.119. The number of nitrogens with zero attached hydrogens (tertiary/aromatic N) is 7. The van der Waals surface area contributed by atoms with Gasteiger partial charge in [0, 0.05) is 30.4 Å². The molecule has 0 saturated carbocycles. The lowest BCUT2D eigenvalue weighted by Crippen LogP contribution is -2.70. The molecule has 4 heterocycles. The van der Waals surface area contributed by atoms with Gasteiger partial charge in [-0.3, -0.25) is 19.3 Å². The number of rotatable bonds is 15. The number of hydrogen-bond acceptors (Lipinski definition) is 15. The maximum atomic E-state index is 13.6. The number of β-lactam (4-membered cyclic amide) rings is 1. The summed E-state index contributed by atoms with van der Waals surface area (Å²) in [6.07, 6.45) is 0.00551. The lowest BCUT2D eigenvalue weighted by Gasteiger charge is -2.49. The van der Waals surface area contributed by atoms with Gasteiger partial charge in [0.15, 0.2) is 5.13 Å². The second kappa shape index (κ2) is 15.2. The molecule has 2 aromatic heterocycles. The second-order valence-corrected chi connectivity index (χ2v) is 13.4. The topological polar surface area (TPSA) is 188 Å². The van der Waals surface area contributed by atoms with Crippen LogP contribution in [0.15, 0.2) is 21.8 Å². The molecule has 240 valence electrons. The van der Waals surface area contributed by atoms with Crippen LogP contribution in [0, 0.1) is 5.92 Å². The fourth-order valence-electron chi connectivity index (χ4n) is 4.57. The van der Waals surface area contributed by atoms with Crippen LogP contribution in [0.5, 0.6) is 0 Å². The van der Waals surface area contributed by atoms with Crippen LogP contribution in [-0.4, -0.2) is 109 Å². The maximum Gasteiger partial charge on any atom is 0.358 e. The van der Waals surface area contributed by atoms with Gasteiger partial charge in [0.05, 0.1) is 24.6 Å². The highest BCUT2D eigenvalue weighted by Crippen LogP contribution is 2.42. The van der Waals surface area contributed by atoms with Crippen LogP contribution in [0.3, 0.4) is 0 Å². The van der Waals surface area contributed by atoms with E-state index in [0.717, 1.165) is 6.54 Å². The van der Waals surface area contributed by atoms with Crippen molar-refractivity contribution in [2.24, 2.45) is 5.92 Å². The number of nitrogens with two attached hydrogens (primary N) is 1. The summed E-state index contributed by atoms with van der Waals surface area (Å²) >= 11 is 3.99. The van der Waals surface area contributed by atoms with Crippen molar-refractivity contribution in [2.45, 2.75) is 69.4 Å². The number of carbonyl (C=O) groups excluding carboxylic acids is 4.